The van der Waals surface area contributed by atoms with Crippen molar-refractivity contribution < 1.29 is 4.74 Å². The zero-order chi connectivity index (χ0) is 6.53. The van der Waals surface area contributed by atoms with Gasteiger partial charge in [0.05, 0.1) is 11.9 Å². The van der Waals surface area contributed by atoms with E-state index >= 15 is 0 Å². The Balaban J connectivity index is 2.08. The number of rotatable bonds is 2. The van der Waals surface area contributed by atoms with Crippen molar-refractivity contribution in [3.8, 4) is 0 Å². The maximum atomic E-state index is 5.41. The molecule has 1 saturated heterocycles. The molecule has 2 radical (unpaired) electrons. The van der Waals surface area contributed by atoms with E-state index in [1.807, 2.05) is 6.92 Å². The van der Waals surface area contributed by atoms with Gasteiger partial charge in [0.15, 0.2) is 0 Å². The van der Waals surface area contributed by atoms with Crippen LogP contribution in [0.15, 0.2) is 0 Å². The molecule has 0 spiro atoms. The van der Waals surface area contributed by atoms with E-state index in [1.165, 1.54) is 12.2 Å². The van der Waals surface area contributed by atoms with E-state index in [0.717, 1.165) is 13.0 Å². The lowest BCUT2D eigenvalue weighted by molar-refractivity contribution is 0.0608. The standard InChI is InChI=1S/C7H12OS/c1-2-8-7-3-5-9-6-4-7/h7H,2-5H2,1H3. The van der Waals surface area contributed by atoms with Crippen molar-refractivity contribution in [2.45, 2.75) is 25.9 Å². The predicted octanol–water partition coefficient (Wildman–Crippen LogP) is 1.96. The molecule has 1 aliphatic heterocycles. The zero-order valence-corrected chi connectivity index (χ0v) is 6.54. The van der Waals surface area contributed by atoms with Crippen molar-refractivity contribution in [3.05, 3.63) is 5.75 Å². The highest BCUT2D eigenvalue weighted by atomic mass is 32.2. The number of hydrogen-bond donors (Lipinski definition) is 0. The van der Waals surface area contributed by atoms with Crippen molar-refractivity contribution >= 4 is 11.8 Å². The second kappa shape index (κ2) is 4.18. The van der Waals surface area contributed by atoms with Crippen LogP contribution in [0, 0.1) is 5.75 Å². The van der Waals surface area contributed by atoms with Crippen molar-refractivity contribution in [2.75, 3.05) is 12.4 Å². The first-order valence-corrected chi connectivity index (χ1v) is 4.38. The Kier molecular flexibility index (Phi) is 3.44. The van der Waals surface area contributed by atoms with Crippen LogP contribution < -0.4 is 0 Å². The Morgan fingerprint density at radius 3 is 3.22 bits per heavy atom. The number of hydrogen-bond acceptors (Lipinski definition) is 2. The summed E-state index contributed by atoms with van der Waals surface area (Å²) in [6, 6.07) is 0. The minimum atomic E-state index is 0.469. The van der Waals surface area contributed by atoms with E-state index in [-0.39, 0.29) is 0 Å². The van der Waals surface area contributed by atoms with Crippen LogP contribution in [-0.2, 0) is 4.74 Å². The molecule has 2 heteroatoms. The normalized spacial score (nSPS) is 22.3. The van der Waals surface area contributed by atoms with E-state index in [0.29, 0.717) is 6.10 Å². The van der Waals surface area contributed by atoms with Gasteiger partial charge in [-0.15, -0.1) is 0 Å². The number of ether oxygens (including phenoxy) is 1. The van der Waals surface area contributed by atoms with Gasteiger partial charge < -0.3 is 4.74 Å². The largest absolute Gasteiger partial charge is 0.378 e. The minimum Gasteiger partial charge on any atom is -0.378 e. The lowest BCUT2D eigenvalue weighted by atomic mass is 10.2. The minimum absolute atomic E-state index is 0.469. The molecule has 1 atom stereocenters. The highest BCUT2D eigenvalue weighted by Crippen LogP contribution is 2.22. The molecule has 1 nitrogen and oxygen atoms in total. The summed E-state index contributed by atoms with van der Waals surface area (Å²) in [5.41, 5.74) is 0. The van der Waals surface area contributed by atoms with Crippen LogP contribution in [0.3, 0.4) is 0 Å². The zero-order valence-electron chi connectivity index (χ0n) is 5.72. The van der Waals surface area contributed by atoms with Crippen LogP contribution in [0.25, 0.3) is 0 Å². The summed E-state index contributed by atoms with van der Waals surface area (Å²) in [5.74, 6) is 4.40. The summed E-state index contributed by atoms with van der Waals surface area (Å²) >= 11 is 1.79. The summed E-state index contributed by atoms with van der Waals surface area (Å²) in [6.07, 6.45) is 2.68. The smallest absolute Gasteiger partial charge is 0.0597 e. The molecule has 52 valence electrons. The van der Waals surface area contributed by atoms with Crippen LogP contribution in [0.2, 0.25) is 0 Å². The molecule has 1 heterocycles. The van der Waals surface area contributed by atoms with E-state index in [2.05, 4.69) is 5.75 Å². The monoisotopic (exact) mass is 144 g/mol. The fourth-order valence-corrected chi connectivity index (χ4v) is 1.72. The van der Waals surface area contributed by atoms with Gasteiger partial charge in [0.25, 0.3) is 0 Å². The van der Waals surface area contributed by atoms with Gasteiger partial charge in [-0.3, -0.25) is 0 Å². The van der Waals surface area contributed by atoms with Crippen LogP contribution >= 0.6 is 11.8 Å². The van der Waals surface area contributed by atoms with E-state index in [1.54, 1.807) is 11.8 Å². The summed E-state index contributed by atoms with van der Waals surface area (Å²) < 4.78 is 5.41. The van der Waals surface area contributed by atoms with Crippen molar-refractivity contribution in [1.82, 2.24) is 0 Å². The third-order valence-corrected chi connectivity index (χ3v) is 2.17. The molecule has 0 aliphatic carbocycles. The summed E-state index contributed by atoms with van der Waals surface area (Å²) in [7, 11) is 0. The third-order valence-electron chi connectivity index (χ3n) is 1.36. The third kappa shape index (κ3) is 2.59. The molecule has 0 aromatic carbocycles. The highest BCUT2D eigenvalue weighted by molar-refractivity contribution is 8.01. The van der Waals surface area contributed by atoms with Gasteiger partial charge in [-0.25, -0.2) is 0 Å². The van der Waals surface area contributed by atoms with Crippen molar-refractivity contribution in [3.63, 3.8) is 0 Å². The molecule has 0 saturated carbocycles. The maximum absolute atomic E-state index is 5.41. The molecular weight excluding hydrogens is 132 g/mol. The second-order valence-electron chi connectivity index (χ2n) is 2.06. The molecule has 9 heavy (non-hydrogen) atoms. The molecule has 0 bridgehead atoms. The first-order chi connectivity index (χ1) is 4.43. The summed E-state index contributed by atoms with van der Waals surface area (Å²) in [5, 5.41) is 0. The topological polar surface area (TPSA) is 9.23 Å². The van der Waals surface area contributed by atoms with Crippen LogP contribution in [0.4, 0.5) is 0 Å². The van der Waals surface area contributed by atoms with E-state index < -0.39 is 0 Å². The average Bonchev–Trinajstić information content (AvgIpc) is 1.91. The second-order valence-corrected chi connectivity index (χ2v) is 3.05. The predicted molar refractivity (Wildman–Crippen MR) is 40.3 cm³/mol. The molecule has 1 unspecified atom stereocenters. The van der Waals surface area contributed by atoms with Gasteiger partial charge in [0, 0.05) is 6.61 Å². The van der Waals surface area contributed by atoms with Crippen LogP contribution in [-0.4, -0.2) is 18.5 Å². The van der Waals surface area contributed by atoms with Crippen molar-refractivity contribution in [2.24, 2.45) is 0 Å². The molecule has 0 aromatic rings. The highest BCUT2D eigenvalue weighted by Gasteiger charge is 2.12. The Morgan fingerprint density at radius 1 is 1.78 bits per heavy atom. The Labute approximate surface area is 61.2 Å². The average molecular weight is 144 g/mol. The molecule has 0 N–H and O–H groups in total. The van der Waals surface area contributed by atoms with Gasteiger partial charge >= 0.3 is 0 Å². The first-order valence-electron chi connectivity index (χ1n) is 3.39. The maximum Gasteiger partial charge on any atom is 0.0597 e. The molecule has 1 aliphatic rings. The lowest BCUT2D eigenvalue weighted by Gasteiger charge is -2.19. The SMILES string of the molecule is CCOC1C[C]SCC1. The molecule has 1 rings (SSSR count). The van der Waals surface area contributed by atoms with Crippen LogP contribution in [0.5, 0.6) is 0 Å². The molecule has 0 aromatic heterocycles. The van der Waals surface area contributed by atoms with Crippen molar-refractivity contribution in [1.29, 1.82) is 0 Å². The first kappa shape index (κ1) is 7.42. The Morgan fingerprint density at radius 2 is 2.67 bits per heavy atom. The van der Waals surface area contributed by atoms with Crippen LogP contribution in [0.1, 0.15) is 19.8 Å². The van der Waals surface area contributed by atoms with Gasteiger partial charge in [-0.1, -0.05) is 0 Å². The molecule has 1 fully saturated rings. The number of thioether (sulfide) groups is 1. The fourth-order valence-electron chi connectivity index (χ4n) is 0.894. The Bertz CT molecular complexity index is 66.6. The van der Waals surface area contributed by atoms with Gasteiger partial charge in [0.1, 0.15) is 0 Å². The van der Waals surface area contributed by atoms with E-state index in [9.17, 15) is 0 Å². The fraction of sp³-hybridized carbons (Fsp3) is 0.857. The quantitative estimate of drug-likeness (QED) is 0.586. The van der Waals surface area contributed by atoms with Gasteiger partial charge in [0.2, 0.25) is 0 Å². The lowest BCUT2D eigenvalue weighted by Crippen LogP contribution is -2.16. The van der Waals surface area contributed by atoms with E-state index in [4.69, 9.17) is 4.74 Å². The molecule has 0 amide bonds. The van der Waals surface area contributed by atoms with Gasteiger partial charge in [-0.2, -0.15) is 11.8 Å². The Hall–Kier alpha value is 0.310. The summed E-state index contributed by atoms with van der Waals surface area (Å²) in [6.45, 7) is 2.89. The summed E-state index contributed by atoms with van der Waals surface area (Å²) in [4.78, 5) is 0. The van der Waals surface area contributed by atoms with Gasteiger partial charge in [-0.05, 0) is 25.5 Å². The molecular formula is C7H12OS.